The smallest absolute Gasteiger partial charge is 0.317 e. The lowest BCUT2D eigenvalue weighted by Gasteiger charge is -2.18. The number of halogens is 2. The Labute approximate surface area is 122 Å². The highest BCUT2D eigenvalue weighted by atomic mass is 35.5. The fourth-order valence-electron chi connectivity index (χ4n) is 1.74. The molecule has 5 heteroatoms. The number of ether oxygens (including phenoxy) is 1. The number of hydrogen-bond donors (Lipinski definition) is 0. The summed E-state index contributed by atoms with van der Waals surface area (Å²) >= 11 is 11.7. The monoisotopic (exact) mass is 302 g/mol. The van der Waals surface area contributed by atoms with Gasteiger partial charge >= 0.3 is 5.97 Å². The molecule has 1 unspecified atom stereocenters. The third-order valence-corrected chi connectivity index (χ3v) is 3.43. The summed E-state index contributed by atoms with van der Waals surface area (Å²) in [6.45, 7) is 5.56. The summed E-state index contributed by atoms with van der Waals surface area (Å²) in [4.78, 5) is 24.2. The molecule has 1 aromatic carbocycles. The van der Waals surface area contributed by atoms with Crippen LogP contribution in [0.1, 0.15) is 31.1 Å². The summed E-state index contributed by atoms with van der Waals surface area (Å²) in [5, 5.41) is 0.661. The molecule has 0 heterocycles. The van der Waals surface area contributed by atoms with Gasteiger partial charge < -0.3 is 4.74 Å². The molecule has 0 aliphatic carbocycles. The van der Waals surface area contributed by atoms with Gasteiger partial charge in [-0.05, 0) is 31.0 Å². The van der Waals surface area contributed by atoms with E-state index in [1.807, 2.05) is 0 Å². The Kier molecular flexibility index (Phi) is 5.83. The maximum absolute atomic E-state index is 12.4. The second kappa shape index (κ2) is 6.92. The Bertz CT molecular complexity index is 484. The van der Waals surface area contributed by atoms with Gasteiger partial charge in [0.1, 0.15) is 5.92 Å². The van der Waals surface area contributed by atoms with E-state index in [4.69, 9.17) is 27.9 Å². The number of esters is 1. The number of rotatable bonds is 5. The van der Waals surface area contributed by atoms with Crippen molar-refractivity contribution in [3.05, 3.63) is 33.8 Å². The summed E-state index contributed by atoms with van der Waals surface area (Å²) in [6, 6.07) is 4.58. The Morgan fingerprint density at radius 1 is 1.21 bits per heavy atom. The van der Waals surface area contributed by atoms with E-state index in [0.29, 0.717) is 15.6 Å². The second-order valence-corrected chi connectivity index (χ2v) is 5.28. The minimum Gasteiger partial charge on any atom is -0.465 e. The average molecular weight is 303 g/mol. The Balaban J connectivity index is 3.05. The molecule has 0 bridgehead atoms. The van der Waals surface area contributed by atoms with Crippen LogP contribution in [0.15, 0.2) is 18.2 Å². The summed E-state index contributed by atoms with van der Waals surface area (Å²) in [6.07, 6.45) is 0. The van der Waals surface area contributed by atoms with Crippen LogP contribution < -0.4 is 0 Å². The van der Waals surface area contributed by atoms with Crippen molar-refractivity contribution in [1.29, 1.82) is 0 Å². The van der Waals surface area contributed by atoms with Crippen molar-refractivity contribution < 1.29 is 14.3 Å². The first-order valence-corrected chi connectivity index (χ1v) is 6.80. The third-order valence-electron chi connectivity index (χ3n) is 2.69. The number of ketones is 1. The highest BCUT2D eigenvalue weighted by Crippen LogP contribution is 2.26. The number of carbonyl (C=O) groups is 2. The molecule has 1 aromatic rings. The summed E-state index contributed by atoms with van der Waals surface area (Å²) < 4.78 is 4.94. The van der Waals surface area contributed by atoms with E-state index in [0.717, 1.165) is 0 Å². The van der Waals surface area contributed by atoms with Crippen LogP contribution >= 0.6 is 23.2 Å². The van der Waals surface area contributed by atoms with Crippen molar-refractivity contribution in [3.8, 4) is 0 Å². The van der Waals surface area contributed by atoms with Crippen LogP contribution in [0.25, 0.3) is 0 Å². The van der Waals surface area contributed by atoms with Gasteiger partial charge in [-0.1, -0.05) is 37.0 Å². The molecule has 19 heavy (non-hydrogen) atoms. The maximum atomic E-state index is 12.4. The fraction of sp³-hybridized carbons (Fsp3) is 0.429. The minimum atomic E-state index is -0.822. The number of carbonyl (C=O) groups excluding carboxylic acids is 2. The van der Waals surface area contributed by atoms with Crippen molar-refractivity contribution in [3.63, 3.8) is 0 Å². The zero-order chi connectivity index (χ0) is 14.6. The second-order valence-electron chi connectivity index (χ2n) is 4.47. The van der Waals surface area contributed by atoms with Crippen molar-refractivity contribution in [2.45, 2.75) is 20.8 Å². The topological polar surface area (TPSA) is 43.4 Å². The lowest BCUT2D eigenvalue weighted by atomic mass is 9.88. The molecule has 1 rings (SSSR count). The zero-order valence-electron chi connectivity index (χ0n) is 11.1. The van der Waals surface area contributed by atoms with E-state index >= 15 is 0 Å². The van der Waals surface area contributed by atoms with Crippen LogP contribution in [0.5, 0.6) is 0 Å². The van der Waals surface area contributed by atoms with Gasteiger partial charge in [-0.2, -0.15) is 0 Å². The van der Waals surface area contributed by atoms with Gasteiger partial charge in [0.2, 0.25) is 0 Å². The van der Waals surface area contributed by atoms with Crippen LogP contribution in [-0.4, -0.2) is 18.4 Å². The van der Waals surface area contributed by atoms with E-state index in [1.54, 1.807) is 32.9 Å². The Morgan fingerprint density at radius 3 is 2.32 bits per heavy atom. The van der Waals surface area contributed by atoms with Gasteiger partial charge in [0.05, 0.1) is 16.7 Å². The molecule has 0 spiro atoms. The summed E-state index contributed by atoms with van der Waals surface area (Å²) in [5.41, 5.74) is 0.362. The normalized spacial score (nSPS) is 12.3. The van der Waals surface area contributed by atoms with Crippen LogP contribution in [0.2, 0.25) is 10.0 Å². The lowest BCUT2D eigenvalue weighted by molar-refractivity contribution is -0.147. The van der Waals surface area contributed by atoms with E-state index in [1.165, 1.54) is 6.07 Å². The molecular formula is C14H16Cl2O3. The first-order chi connectivity index (χ1) is 8.88. The van der Waals surface area contributed by atoms with Crippen molar-refractivity contribution >= 4 is 35.0 Å². The number of Topliss-reactive ketones (excluding diaryl/α,β-unsaturated/α-hetero) is 1. The van der Waals surface area contributed by atoms with Crippen LogP contribution in [-0.2, 0) is 9.53 Å². The zero-order valence-corrected chi connectivity index (χ0v) is 12.6. The average Bonchev–Trinajstić information content (AvgIpc) is 2.32. The van der Waals surface area contributed by atoms with Gasteiger partial charge in [-0.15, -0.1) is 0 Å². The molecule has 1 atom stereocenters. The predicted molar refractivity (Wildman–Crippen MR) is 75.8 cm³/mol. The quantitative estimate of drug-likeness (QED) is 0.469. The molecule has 0 aliphatic heterocycles. The molecular weight excluding hydrogens is 287 g/mol. The third kappa shape index (κ3) is 3.95. The fourth-order valence-corrected chi connectivity index (χ4v) is 2.04. The first-order valence-electron chi connectivity index (χ1n) is 6.04. The number of benzene rings is 1. The molecule has 0 saturated heterocycles. The molecule has 0 N–H and O–H groups in total. The Hall–Kier alpha value is -1.06. The van der Waals surface area contributed by atoms with Crippen LogP contribution in [0, 0.1) is 11.8 Å². The molecule has 0 radical (unpaired) electrons. The lowest BCUT2D eigenvalue weighted by Crippen LogP contribution is -2.30. The van der Waals surface area contributed by atoms with E-state index < -0.39 is 11.9 Å². The molecule has 0 aromatic heterocycles. The molecule has 0 fully saturated rings. The largest absolute Gasteiger partial charge is 0.465 e. The van der Waals surface area contributed by atoms with E-state index in [-0.39, 0.29) is 18.3 Å². The highest BCUT2D eigenvalue weighted by molar-refractivity contribution is 6.42. The van der Waals surface area contributed by atoms with Crippen molar-refractivity contribution in [2.75, 3.05) is 6.61 Å². The minimum absolute atomic E-state index is 0.152. The molecule has 0 amide bonds. The number of hydrogen-bond acceptors (Lipinski definition) is 3. The summed E-state index contributed by atoms with van der Waals surface area (Å²) in [5.74, 6) is -1.78. The van der Waals surface area contributed by atoms with E-state index in [9.17, 15) is 9.59 Å². The maximum Gasteiger partial charge on any atom is 0.317 e. The molecule has 104 valence electrons. The van der Waals surface area contributed by atoms with Gasteiger partial charge in [0, 0.05) is 5.56 Å². The summed E-state index contributed by atoms with van der Waals surface area (Å²) in [7, 11) is 0. The highest BCUT2D eigenvalue weighted by Gasteiger charge is 2.32. The first kappa shape index (κ1) is 16.0. The van der Waals surface area contributed by atoms with E-state index in [2.05, 4.69) is 0 Å². The standard InChI is InChI=1S/C14H16Cl2O3/c1-4-19-14(18)12(8(2)3)13(17)9-5-6-10(15)11(16)7-9/h5-8,12H,4H2,1-3H3. The molecule has 3 nitrogen and oxygen atoms in total. The van der Waals surface area contributed by atoms with Gasteiger partial charge in [-0.3, -0.25) is 9.59 Å². The van der Waals surface area contributed by atoms with Crippen LogP contribution in [0.4, 0.5) is 0 Å². The van der Waals surface area contributed by atoms with Gasteiger partial charge in [0.25, 0.3) is 0 Å². The SMILES string of the molecule is CCOC(=O)C(C(=O)c1ccc(Cl)c(Cl)c1)C(C)C. The molecule has 0 saturated carbocycles. The van der Waals surface area contributed by atoms with Gasteiger partial charge in [-0.25, -0.2) is 0 Å². The predicted octanol–water partition coefficient (Wildman–Crippen LogP) is 4.01. The van der Waals surface area contributed by atoms with Crippen molar-refractivity contribution in [1.82, 2.24) is 0 Å². The Morgan fingerprint density at radius 2 is 1.84 bits per heavy atom. The molecule has 0 aliphatic rings. The van der Waals surface area contributed by atoms with Crippen LogP contribution in [0.3, 0.4) is 0 Å². The van der Waals surface area contributed by atoms with Gasteiger partial charge in [0.15, 0.2) is 5.78 Å². The van der Waals surface area contributed by atoms with Crippen molar-refractivity contribution in [2.24, 2.45) is 11.8 Å².